The second-order valence-corrected chi connectivity index (χ2v) is 8.74. The van der Waals surface area contributed by atoms with Gasteiger partial charge in [-0.1, -0.05) is 0 Å². The number of rotatable bonds is 4. The third-order valence-electron chi connectivity index (χ3n) is 6.77. The first-order chi connectivity index (χ1) is 15.5. The van der Waals surface area contributed by atoms with Gasteiger partial charge in [-0.25, -0.2) is 14.4 Å². The van der Waals surface area contributed by atoms with E-state index < -0.39 is 0 Å². The van der Waals surface area contributed by atoms with Crippen LogP contribution in [0.25, 0.3) is 21.9 Å². The molecule has 1 atom stereocenters. The summed E-state index contributed by atoms with van der Waals surface area (Å²) >= 11 is 0. The van der Waals surface area contributed by atoms with Crippen LogP contribution in [0.15, 0.2) is 24.5 Å². The Kier molecular flexibility index (Phi) is 4.03. The lowest BCUT2D eigenvalue weighted by atomic mass is 9.60. The lowest BCUT2D eigenvalue weighted by Crippen LogP contribution is -2.69. The van der Waals surface area contributed by atoms with Crippen molar-refractivity contribution < 1.29 is 9.13 Å². The van der Waals surface area contributed by atoms with Crippen LogP contribution >= 0.6 is 0 Å². The number of aromatic nitrogens is 5. The van der Waals surface area contributed by atoms with Crippen molar-refractivity contribution in [1.29, 1.82) is 0 Å². The van der Waals surface area contributed by atoms with Crippen molar-refractivity contribution in [3.63, 3.8) is 0 Å². The van der Waals surface area contributed by atoms with E-state index in [9.17, 15) is 4.39 Å². The summed E-state index contributed by atoms with van der Waals surface area (Å²) in [7, 11) is 1.76. The van der Waals surface area contributed by atoms with Gasteiger partial charge in [0.25, 0.3) is 0 Å². The molecule has 1 aliphatic heterocycles. The summed E-state index contributed by atoms with van der Waals surface area (Å²) in [5.74, 6) is 1.48. The highest BCUT2D eigenvalue weighted by atomic mass is 19.1. The molecule has 2 aliphatic rings. The second-order valence-electron chi connectivity index (χ2n) is 8.74. The van der Waals surface area contributed by atoms with Crippen molar-refractivity contribution in [2.45, 2.75) is 25.8 Å². The van der Waals surface area contributed by atoms with Crippen LogP contribution in [-0.4, -0.2) is 51.1 Å². The second kappa shape index (κ2) is 6.73. The molecule has 3 aromatic heterocycles. The number of nitrogens with two attached hydrogens (primary N) is 1. The van der Waals surface area contributed by atoms with Crippen molar-refractivity contribution in [3.05, 3.63) is 36.2 Å². The first-order valence-electron chi connectivity index (χ1n) is 10.6. The summed E-state index contributed by atoms with van der Waals surface area (Å²) in [5.41, 5.74) is 8.43. The highest BCUT2D eigenvalue weighted by Crippen LogP contribution is 2.50. The quantitative estimate of drug-likeness (QED) is 0.448. The van der Waals surface area contributed by atoms with Crippen molar-refractivity contribution in [2.24, 2.45) is 11.1 Å². The predicted molar refractivity (Wildman–Crippen MR) is 120 cm³/mol. The first kappa shape index (κ1) is 19.2. The monoisotopic (exact) mass is 434 g/mol. The summed E-state index contributed by atoms with van der Waals surface area (Å²) in [6, 6.07) is 3.36. The standard InChI is InChI=1S/C22H23FN8O/c1-11-26-7-13(8-27-11)32-21-29-19-17(14-5-12(23)6-15(25-2)18(14)28-19)20(30-21)31-9-22(10-31)4-3-16(22)24/h5-8,16,25H,3-4,9-10,24H2,1-2H3,(H,28,29,30). The van der Waals surface area contributed by atoms with Gasteiger partial charge in [0.2, 0.25) is 0 Å². The highest BCUT2D eigenvalue weighted by molar-refractivity contribution is 6.14. The SMILES string of the molecule is CNc1cc(F)cc2c1[nH]c1nc(Oc3cnc(C)nc3)nc(N3CC4(CCC4N)C3)c12. The lowest BCUT2D eigenvalue weighted by molar-refractivity contribution is 0.0559. The Morgan fingerprint density at radius 1 is 1.25 bits per heavy atom. The molecule has 32 heavy (non-hydrogen) atoms. The van der Waals surface area contributed by atoms with Gasteiger partial charge in [-0.15, -0.1) is 0 Å². The normalized spacial score (nSPS) is 19.2. The summed E-state index contributed by atoms with van der Waals surface area (Å²) < 4.78 is 20.3. The molecule has 1 spiro atoms. The number of anilines is 2. The van der Waals surface area contributed by atoms with Crippen LogP contribution in [0.4, 0.5) is 15.9 Å². The molecule has 9 nitrogen and oxygen atoms in total. The smallest absolute Gasteiger partial charge is 0.326 e. The summed E-state index contributed by atoms with van der Waals surface area (Å²) in [4.78, 5) is 23.1. The largest absolute Gasteiger partial charge is 0.421 e. The summed E-state index contributed by atoms with van der Waals surface area (Å²) in [5, 5.41) is 4.54. The number of hydrogen-bond donors (Lipinski definition) is 3. The van der Waals surface area contributed by atoms with Crippen LogP contribution in [0.3, 0.4) is 0 Å². The molecule has 4 N–H and O–H groups in total. The van der Waals surface area contributed by atoms with E-state index >= 15 is 0 Å². The average molecular weight is 434 g/mol. The van der Waals surface area contributed by atoms with E-state index in [0.717, 1.165) is 42.2 Å². The van der Waals surface area contributed by atoms with Crippen LogP contribution in [-0.2, 0) is 0 Å². The number of aryl methyl sites for hydroxylation is 1. The molecular weight excluding hydrogens is 411 g/mol. The van der Waals surface area contributed by atoms with Crippen LogP contribution in [0.1, 0.15) is 18.7 Å². The molecule has 1 aliphatic carbocycles. The fourth-order valence-electron chi connectivity index (χ4n) is 4.81. The van der Waals surface area contributed by atoms with Crippen molar-refractivity contribution in [3.8, 4) is 11.8 Å². The minimum Gasteiger partial charge on any atom is -0.421 e. The number of H-pyrrole nitrogens is 1. The molecule has 0 radical (unpaired) electrons. The minimum atomic E-state index is -0.327. The Bertz CT molecular complexity index is 1350. The molecule has 0 bridgehead atoms. The maximum absolute atomic E-state index is 14.4. The number of halogens is 1. The van der Waals surface area contributed by atoms with E-state index in [-0.39, 0.29) is 23.3 Å². The number of hydrogen-bond acceptors (Lipinski definition) is 8. The topological polar surface area (TPSA) is 118 Å². The molecular formula is C22H23FN8O. The predicted octanol–water partition coefficient (Wildman–Crippen LogP) is 3.11. The fourth-order valence-corrected chi connectivity index (χ4v) is 4.81. The summed E-state index contributed by atoms with van der Waals surface area (Å²) in [6.07, 6.45) is 5.34. The number of nitrogens with one attached hydrogen (secondary N) is 2. The maximum atomic E-state index is 14.4. The van der Waals surface area contributed by atoms with Gasteiger partial charge in [-0.2, -0.15) is 9.97 Å². The van der Waals surface area contributed by atoms with Gasteiger partial charge in [0.1, 0.15) is 23.1 Å². The molecule has 1 aromatic carbocycles. The van der Waals surface area contributed by atoms with E-state index in [0.29, 0.717) is 28.7 Å². The maximum Gasteiger partial charge on any atom is 0.326 e. The first-order valence-corrected chi connectivity index (χ1v) is 10.6. The molecule has 1 unspecified atom stereocenters. The van der Waals surface area contributed by atoms with Crippen LogP contribution < -0.4 is 20.7 Å². The molecule has 1 saturated carbocycles. The van der Waals surface area contributed by atoms with E-state index in [4.69, 9.17) is 15.5 Å². The Labute approximate surface area is 183 Å². The molecule has 4 aromatic rings. The zero-order valence-electron chi connectivity index (χ0n) is 17.8. The number of fused-ring (bicyclic) bond motifs is 3. The van der Waals surface area contributed by atoms with Crippen LogP contribution in [0.2, 0.25) is 0 Å². The number of benzene rings is 1. The van der Waals surface area contributed by atoms with Gasteiger partial charge in [0, 0.05) is 37.0 Å². The van der Waals surface area contributed by atoms with Crippen LogP contribution in [0.5, 0.6) is 11.8 Å². The molecule has 2 fully saturated rings. The van der Waals surface area contributed by atoms with Crippen molar-refractivity contribution in [1.82, 2.24) is 24.9 Å². The van der Waals surface area contributed by atoms with E-state index in [2.05, 4.69) is 30.2 Å². The molecule has 4 heterocycles. The molecule has 1 saturated heterocycles. The Morgan fingerprint density at radius 3 is 2.69 bits per heavy atom. The Morgan fingerprint density at radius 2 is 2.03 bits per heavy atom. The average Bonchev–Trinajstić information content (AvgIpc) is 3.11. The van der Waals surface area contributed by atoms with E-state index in [1.54, 1.807) is 26.4 Å². The third-order valence-corrected chi connectivity index (χ3v) is 6.77. The van der Waals surface area contributed by atoms with Gasteiger partial charge in [-0.05, 0) is 31.9 Å². The van der Waals surface area contributed by atoms with Gasteiger partial charge in [0.15, 0.2) is 5.75 Å². The zero-order valence-corrected chi connectivity index (χ0v) is 17.8. The Balaban J connectivity index is 1.50. The number of ether oxygens (including phenoxy) is 1. The van der Waals surface area contributed by atoms with Crippen LogP contribution in [0, 0.1) is 18.2 Å². The minimum absolute atomic E-state index is 0.149. The van der Waals surface area contributed by atoms with Crippen molar-refractivity contribution >= 4 is 33.4 Å². The molecule has 10 heteroatoms. The molecule has 6 rings (SSSR count). The zero-order chi connectivity index (χ0) is 22.0. The highest BCUT2D eigenvalue weighted by Gasteiger charge is 2.53. The van der Waals surface area contributed by atoms with E-state index in [1.807, 2.05) is 0 Å². The third kappa shape index (κ3) is 2.79. The molecule has 0 amide bonds. The van der Waals surface area contributed by atoms with Gasteiger partial charge in [0.05, 0.1) is 29.0 Å². The number of aromatic amines is 1. The van der Waals surface area contributed by atoms with Gasteiger partial charge < -0.3 is 25.7 Å². The van der Waals surface area contributed by atoms with Crippen molar-refractivity contribution in [2.75, 3.05) is 30.4 Å². The summed E-state index contributed by atoms with van der Waals surface area (Å²) in [6.45, 7) is 3.43. The van der Waals surface area contributed by atoms with Gasteiger partial charge in [-0.3, -0.25) is 0 Å². The lowest BCUT2D eigenvalue weighted by Gasteiger charge is -2.60. The number of nitrogens with zero attached hydrogens (tertiary/aromatic N) is 5. The fraction of sp³-hybridized carbons (Fsp3) is 0.364. The van der Waals surface area contributed by atoms with Gasteiger partial charge >= 0.3 is 6.01 Å². The molecule has 164 valence electrons. The van der Waals surface area contributed by atoms with E-state index in [1.165, 1.54) is 12.1 Å². The Hall–Kier alpha value is -3.53.